The molecular formula is C15H14F3NO6S. The molecule has 0 bridgehead atoms. The SMILES string of the molecule is COC(=O)C1=C(C(=O)OC)N(c2cc(SC(F)(F)F)ccc2O)COC1. The normalized spacial score (nSPS) is 15.0. The van der Waals surface area contributed by atoms with Crippen LogP contribution in [0.2, 0.25) is 0 Å². The maximum absolute atomic E-state index is 12.6. The van der Waals surface area contributed by atoms with Crippen LogP contribution in [0.25, 0.3) is 0 Å². The quantitative estimate of drug-likeness (QED) is 0.617. The van der Waals surface area contributed by atoms with Crippen LogP contribution in [0.4, 0.5) is 18.9 Å². The predicted octanol–water partition coefficient (Wildman–Crippen LogP) is 2.40. The number of hydrogen-bond acceptors (Lipinski definition) is 8. The van der Waals surface area contributed by atoms with Gasteiger partial charge in [0.15, 0.2) is 0 Å². The number of hydrogen-bond donors (Lipinski definition) is 1. The monoisotopic (exact) mass is 393 g/mol. The molecule has 2 rings (SSSR count). The summed E-state index contributed by atoms with van der Waals surface area (Å²) >= 11 is -0.388. The highest BCUT2D eigenvalue weighted by molar-refractivity contribution is 8.00. The van der Waals surface area contributed by atoms with Crippen molar-refractivity contribution in [1.82, 2.24) is 0 Å². The van der Waals surface area contributed by atoms with Crippen LogP contribution in [0.15, 0.2) is 34.4 Å². The van der Waals surface area contributed by atoms with Crippen LogP contribution in [0.3, 0.4) is 0 Å². The molecule has 142 valence electrons. The standard InChI is InChI=1S/C15H14F3NO6S/c1-23-13(21)9-6-25-7-19(12(9)14(22)24-2)10-5-8(3-4-11(10)20)26-15(16,17)18/h3-5,20H,6-7H2,1-2H3. The van der Waals surface area contributed by atoms with Crippen molar-refractivity contribution in [3.63, 3.8) is 0 Å². The van der Waals surface area contributed by atoms with E-state index in [1.807, 2.05) is 0 Å². The summed E-state index contributed by atoms with van der Waals surface area (Å²) in [5, 5.41) is 10.1. The summed E-state index contributed by atoms with van der Waals surface area (Å²) in [6.45, 7) is -0.552. The number of benzene rings is 1. The first-order valence-corrected chi connectivity index (χ1v) is 7.83. The third-order valence-electron chi connectivity index (χ3n) is 3.30. The maximum atomic E-state index is 12.6. The van der Waals surface area contributed by atoms with E-state index in [-0.39, 0.29) is 47.0 Å². The number of halogens is 3. The molecule has 1 aromatic rings. The van der Waals surface area contributed by atoms with Gasteiger partial charge in [-0.05, 0) is 30.0 Å². The Balaban J connectivity index is 2.56. The first-order valence-electron chi connectivity index (χ1n) is 7.01. The third kappa shape index (κ3) is 4.41. The van der Waals surface area contributed by atoms with Crippen LogP contribution in [0.5, 0.6) is 5.75 Å². The summed E-state index contributed by atoms with van der Waals surface area (Å²) in [5.41, 5.74) is -5.15. The van der Waals surface area contributed by atoms with Gasteiger partial charge in [-0.1, -0.05) is 0 Å². The number of thioether (sulfide) groups is 1. The van der Waals surface area contributed by atoms with Gasteiger partial charge in [0, 0.05) is 4.90 Å². The molecule has 0 atom stereocenters. The molecule has 1 aliphatic rings. The lowest BCUT2D eigenvalue weighted by molar-refractivity contribution is -0.140. The van der Waals surface area contributed by atoms with E-state index >= 15 is 0 Å². The minimum absolute atomic E-state index is 0.152. The van der Waals surface area contributed by atoms with Crippen molar-refractivity contribution in [3.8, 4) is 5.75 Å². The lowest BCUT2D eigenvalue weighted by Crippen LogP contribution is -2.38. The van der Waals surface area contributed by atoms with E-state index in [0.29, 0.717) is 0 Å². The van der Waals surface area contributed by atoms with E-state index in [9.17, 15) is 27.9 Å². The lowest BCUT2D eigenvalue weighted by Gasteiger charge is -2.31. The highest BCUT2D eigenvalue weighted by atomic mass is 32.2. The predicted molar refractivity (Wildman–Crippen MR) is 84.4 cm³/mol. The van der Waals surface area contributed by atoms with E-state index in [2.05, 4.69) is 9.47 Å². The number of anilines is 1. The van der Waals surface area contributed by atoms with Gasteiger partial charge in [-0.15, -0.1) is 0 Å². The number of nitrogens with zero attached hydrogens (tertiary/aromatic N) is 1. The molecule has 0 aliphatic carbocycles. The van der Waals surface area contributed by atoms with Gasteiger partial charge < -0.3 is 24.2 Å². The summed E-state index contributed by atoms with van der Waals surface area (Å²) in [6.07, 6.45) is 0. The fraction of sp³-hybridized carbons (Fsp3) is 0.333. The second kappa shape index (κ2) is 7.87. The lowest BCUT2D eigenvalue weighted by atomic mass is 10.1. The Morgan fingerprint density at radius 3 is 2.46 bits per heavy atom. The van der Waals surface area contributed by atoms with Crippen molar-refractivity contribution in [2.45, 2.75) is 10.4 Å². The molecule has 0 unspecified atom stereocenters. The first kappa shape index (κ1) is 19.9. The van der Waals surface area contributed by atoms with Gasteiger partial charge in [0.2, 0.25) is 0 Å². The Morgan fingerprint density at radius 2 is 1.88 bits per heavy atom. The van der Waals surface area contributed by atoms with Gasteiger partial charge in [-0.2, -0.15) is 13.2 Å². The summed E-state index contributed by atoms with van der Waals surface area (Å²) in [7, 11) is 2.18. The van der Waals surface area contributed by atoms with Crippen molar-refractivity contribution < 1.29 is 42.1 Å². The van der Waals surface area contributed by atoms with E-state index in [0.717, 1.165) is 37.3 Å². The number of carbonyl (C=O) groups is 2. The summed E-state index contributed by atoms with van der Waals surface area (Å²) < 4.78 is 52.3. The number of aromatic hydroxyl groups is 1. The highest BCUT2D eigenvalue weighted by Gasteiger charge is 2.34. The zero-order valence-corrected chi connectivity index (χ0v) is 14.4. The topological polar surface area (TPSA) is 85.3 Å². The van der Waals surface area contributed by atoms with Gasteiger partial charge in [-0.25, -0.2) is 9.59 Å². The van der Waals surface area contributed by atoms with Crippen molar-refractivity contribution in [2.75, 3.05) is 32.5 Å². The van der Waals surface area contributed by atoms with Crippen molar-refractivity contribution in [2.24, 2.45) is 0 Å². The maximum Gasteiger partial charge on any atom is 0.446 e. The van der Waals surface area contributed by atoms with Gasteiger partial charge in [-0.3, -0.25) is 0 Å². The second-order valence-electron chi connectivity index (χ2n) is 4.91. The largest absolute Gasteiger partial charge is 0.506 e. The zero-order chi connectivity index (χ0) is 19.5. The van der Waals surface area contributed by atoms with Gasteiger partial charge in [0.25, 0.3) is 0 Å². The molecule has 0 amide bonds. The second-order valence-corrected chi connectivity index (χ2v) is 6.05. The number of alkyl halides is 3. The molecule has 0 spiro atoms. The number of phenolic OH excluding ortho intramolecular Hbond substituents is 1. The molecule has 0 fully saturated rings. The van der Waals surface area contributed by atoms with Crippen LogP contribution in [-0.2, 0) is 23.8 Å². The minimum atomic E-state index is -4.54. The fourth-order valence-corrected chi connectivity index (χ4v) is 2.82. The van der Waals surface area contributed by atoms with E-state index in [4.69, 9.17) is 4.74 Å². The molecule has 1 heterocycles. The molecule has 0 saturated carbocycles. The van der Waals surface area contributed by atoms with Gasteiger partial charge in [0.1, 0.15) is 18.2 Å². The molecule has 1 N–H and O–H groups in total. The number of ether oxygens (including phenoxy) is 3. The fourth-order valence-electron chi connectivity index (χ4n) is 2.25. The molecule has 1 aliphatic heterocycles. The smallest absolute Gasteiger partial charge is 0.446 e. The summed E-state index contributed by atoms with van der Waals surface area (Å²) in [6, 6.07) is 3.15. The third-order valence-corrected chi connectivity index (χ3v) is 4.03. The van der Waals surface area contributed by atoms with E-state index in [1.54, 1.807) is 0 Å². The number of carbonyl (C=O) groups excluding carboxylic acids is 2. The molecule has 0 radical (unpaired) electrons. The first-order chi connectivity index (χ1) is 12.2. The molecule has 26 heavy (non-hydrogen) atoms. The van der Waals surface area contributed by atoms with E-state index < -0.39 is 23.2 Å². The van der Waals surface area contributed by atoms with Crippen LogP contribution in [0, 0.1) is 0 Å². The zero-order valence-electron chi connectivity index (χ0n) is 13.6. The molecule has 0 saturated heterocycles. The van der Waals surface area contributed by atoms with Crippen LogP contribution in [-0.4, -0.2) is 50.1 Å². The molecule has 1 aromatic carbocycles. The molecular weight excluding hydrogens is 379 g/mol. The van der Waals surface area contributed by atoms with Crippen molar-refractivity contribution >= 4 is 29.4 Å². The molecule has 11 heteroatoms. The van der Waals surface area contributed by atoms with Gasteiger partial charge >= 0.3 is 17.4 Å². The Morgan fingerprint density at radius 1 is 1.23 bits per heavy atom. The number of phenols is 1. The Labute approximate surface area is 150 Å². The van der Waals surface area contributed by atoms with Crippen LogP contribution in [0.1, 0.15) is 0 Å². The van der Waals surface area contributed by atoms with Crippen molar-refractivity contribution in [1.29, 1.82) is 0 Å². The Bertz CT molecular complexity index is 749. The van der Waals surface area contributed by atoms with E-state index in [1.165, 1.54) is 0 Å². The molecule has 7 nitrogen and oxygen atoms in total. The number of methoxy groups -OCH3 is 2. The van der Waals surface area contributed by atoms with Crippen LogP contribution < -0.4 is 4.90 Å². The van der Waals surface area contributed by atoms with Crippen molar-refractivity contribution in [3.05, 3.63) is 29.5 Å². The summed E-state index contributed by atoms with van der Waals surface area (Å²) in [5.74, 6) is -2.20. The highest BCUT2D eigenvalue weighted by Crippen LogP contribution is 2.41. The Kier molecular flexibility index (Phi) is 6.03. The summed E-state index contributed by atoms with van der Waals surface area (Å²) in [4.78, 5) is 24.9. The minimum Gasteiger partial charge on any atom is -0.506 e. The Hall–Kier alpha value is -2.40. The number of esters is 2. The van der Waals surface area contributed by atoms with Gasteiger partial charge in [0.05, 0.1) is 32.1 Å². The molecule has 0 aromatic heterocycles. The number of rotatable bonds is 4. The van der Waals surface area contributed by atoms with Crippen LogP contribution >= 0.6 is 11.8 Å². The average molecular weight is 393 g/mol. The average Bonchev–Trinajstić information content (AvgIpc) is 2.60.